The average molecular weight is 200 g/mol. The molecule has 1 N–H and O–H groups in total. The van der Waals surface area contributed by atoms with Gasteiger partial charge in [-0.1, -0.05) is 12.8 Å². The smallest absolute Gasteiger partial charge is 0.309 e. The summed E-state index contributed by atoms with van der Waals surface area (Å²) in [5.74, 6) is 0.144. The third kappa shape index (κ3) is 4.09. The highest BCUT2D eigenvalue weighted by molar-refractivity contribution is 5.73. The van der Waals surface area contributed by atoms with Gasteiger partial charge in [-0.15, -0.1) is 0 Å². The Hall–Kier alpha value is -0.570. The van der Waals surface area contributed by atoms with Crippen molar-refractivity contribution in [1.29, 1.82) is 0 Å². The van der Waals surface area contributed by atoms with E-state index in [0.29, 0.717) is 13.0 Å². The Kier molecular flexibility index (Phi) is 3.93. The van der Waals surface area contributed by atoms with Crippen LogP contribution in [0.25, 0.3) is 0 Å². The van der Waals surface area contributed by atoms with E-state index in [0.717, 1.165) is 18.9 Å². The lowest BCUT2D eigenvalue weighted by Crippen LogP contribution is -2.25. The van der Waals surface area contributed by atoms with Gasteiger partial charge < -0.3 is 9.84 Å². The van der Waals surface area contributed by atoms with E-state index in [1.54, 1.807) is 13.8 Å². The first-order chi connectivity index (χ1) is 6.52. The van der Waals surface area contributed by atoms with Crippen LogP contribution in [0.4, 0.5) is 0 Å². The van der Waals surface area contributed by atoms with E-state index in [-0.39, 0.29) is 0 Å². The minimum atomic E-state index is -0.747. The van der Waals surface area contributed by atoms with Crippen molar-refractivity contribution in [2.75, 3.05) is 13.2 Å². The highest BCUT2D eigenvalue weighted by Gasteiger charge is 2.26. The summed E-state index contributed by atoms with van der Waals surface area (Å²) in [6.45, 7) is 4.82. The van der Waals surface area contributed by atoms with Gasteiger partial charge in [-0.2, -0.15) is 0 Å². The number of aliphatic carboxylic acids is 1. The van der Waals surface area contributed by atoms with Gasteiger partial charge in [0.2, 0.25) is 0 Å². The predicted octanol–water partition coefficient (Wildman–Crippen LogP) is 2.30. The second-order valence-electron chi connectivity index (χ2n) is 4.78. The molecule has 3 nitrogen and oxygen atoms in total. The normalized spacial score (nSPS) is 17.0. The van der Waals surface area contributed by atoms with Crippen LogP contribution in [-0.4, -0.2) is 24.3 Å². The van der Waals surface area contributed by atoms with Gasteiger partial charge in [0.25, 0.3) is 0 Å². The lowest BCUT2D eigenvalue weighted by Gasteiger charge is -2.18. The van der Waals surface area contributed by atoms with Crippen LogP contribution in [-0.2, 0) is 9.53 Å². The molecule has 0 bridgehead atoms. The molecule has 0 amide bonds. The first-order valence-corrected chi connectivity index (χ1v) is 5.33. The average Bonchev–Trinajstić information content (AvgIpc) is 2.87. The molecule has 0 unspecified atom stereocenters. The number of carboxylic acids is 1. The summed E-state index contributed by atoms with van der Waals surface area (Å²) in [5, 5.41) is 8.84. The standard InChI is InChI=1S/C11H20O3/c1-11(2,10(12)13)6-8-14-7-5-9-3-4-9/h9H,3-8H2,1-2H3,(H,12,13). The number of ether oxygens (including phenoxy) is 1. The summed E-state index contributed by atoms with van der Waals surface area (Å²) >= 11 is 0. The Morgan fingerprint density at radius 1 is 1.43 bits per heavy atom. The lowest BCUT2D eigenvalue weighted by molar-refractivity contribution is -0.148. The Morgan fingerprint density at radius 3 is 2.57 bits per heavy atom. The molecule has 0 radical (unpaired) electrons. The molecular weight excluding hydrogens is 180 g/mol. The molecule has 1 aliphatic carbocycles. The van der Waals surface area contributed by atoms with Crippen LogP contribution in [0.3, 0.4) is 0 Å². The summed E-state index contributed by atoms with van der Waals surface area (Å²) in [4.78, 5) is 10.7. The summed E-state index contributed by atoms with van der Waals surface area (Å²) in [7, 11) is 0. The Balaban J connectivity index is 1.98. The summed E-state index contributed by atoms with van der Waals surface area (Å²) in [5.41, 5.74) is -0.653. The first kappa shape index (κ1) is 11.5. The molecule has 0 saturated heterocycles. The van der Waals surface area contributed by atoms with Gasteiger partial charge in [0.05, 0.1) is 5.41 Å². The Morgan fingerprint density at radius 2 is 2.07 bits per heavy atom. The maximum absolute atomic E-state index is 10.7. The molecule has 0 aromatic rings. The second-order valence-corrected chi connectivity index (χ2v) is 4.78. The van der Waals surface area contributed by atoms with Crippen molar-refractivity contribution in [1.82, 2.24) is 0 Å². The van der Waals surface area contributed by atoms with Crippen molar-refractivity contribution in [3.63, 3.8) is 0 Å². The zero-order valence-electron chi connectivity index (χ0n) is 9.08. The van der Waals surface area contributed by atoms with Crippen molar-refractivity contribution in [2.45, 2.75) is 39.5 Å². The topological polar surface area (TPSA) is 46.5 Å². The summed E-state index contributed by atoms with van der Waals surface area (Å²) in [6.07, 6.45) is 4.44. The quantitative estimate of drug-likeness (QED) is 0.641. The SMILES string of the molecule is CC(C)(CCOCCC1CC1)C(=O)O. The molecule has 0 aromatic heterocycles. The number of hydrogen-bond acceptors (Lipinski definition) is 2. The van der Waals surface area contributed by atoms with Crippen LogP contribution >= 0.6 is 0 Å². The number of rotatable bonds is 7. The van der Waals surface area contributed by atoms with E-state index in [9.17, 15) is 4.79 Å². The fourth-order valence-corrected chi connectivity index (χ4v) is 1.19. The molecule has 1 aliphatic rings. The van der Waals surface area contributed by atoms with Gasteiger partial charge in [-0.25, -0.2) is 0 Å². The third-order valence-electron chi connectivity index (χ3n) is 2.82. The van der Waals surface area contributed by atoms with Crippen molar-refractivity contribution in [2.24, 2.45) is 11.3 Å². The molecule has 0 atom stereocenters. The molecule has 0 heterocycles. The highest BCUT2D eigenvalue weighted by Crippen LogP contribution is 2.32. The number of hydrogen-bond donors (Lipinski definition) is 1. The van der Waals surface area contributed by atoms with Crippen molar-refractivity contribution in [3.05, 3.63) is 0 Å². The fourth-order valence-electron chi connectivity index (χ4n) is 1.19. The fraction of sp³-hybridized carbons (Fsp3) is 0.909. The van der Waals surface area contributed by atoms with Crippen molar-refractivity contribution in [3.8, 4) is 0 Å². The minimum Gasteiger partial charge on any atom is -0.481 e. The molecule has 3 heteroatoms. The van der Waals surface area contributed by atoms with Crippen LogP contribution in [0.1, 0.15) is 39.5 Å². The summed E-state index contributed by atoms with van der Waals surface area (Å²) in [6, 6.07) is 0. The Bertz CT molecular complexity index is 195. The number of carboxylic acid groups (broad SMARTS) is 1. The van der Waals surface area contributed by atoms with Gasteiger partial charge in [0.15, 0.2) is 0 Å². The second kappa shape index (κ2) is 4.78. The Labute approximate surface area is 85.5 Å². The van der Waals surface area contributed by atoms with Crippen molar-refractivity contribution >= 4 is 5.97 Å². The molecule has 0 spiro atoms. The maximum Gasteiger partial charge on any atom is 0.309 e. The zero-order chi connectivity index (χ0) is 10.6. The van der Waals surface area contributed by atoms with Crippen LogP contribution in [0.2, 0.25) is 0 Å². The molecule has 1 rings (SSSR count). The highest BCUT2D eigenvalue weighted by atomic mass is 16.5. The molecule has 14 heavy (non-hydrogen) atoms. The van der Waals surface area contributed by atoms with Crippen molar-refractivity contribution < 1.29 is 14.6 Å². The van der Waals surface area contributed by atoms with Gasteiger partial charge in [0, 0.05) is 13.2 Å². The van der Waals surface area contributed by atoms with E-state index in [2.05, 4.69) is 0 Å². The van der Waals surface area contributed by atoms with E-state index in [4.69, 9.17) is 9.84 Å². The van der Waals surface area contributed by atoms with Crippen LogP contribution < -0.4 is 0 Å². The zero-order valence-corrected chi connectivity index (χ0v) is 9.08. The van der Waals surface area contributed by atoms with Gasteiger partial charge in [0.1, 0.15) is 0 Å². The molecule has 1 fully saturated rings. The van der Waals surface area contributed by atoms with Crippen LogP contribution in [0, 0.1) is 11.3 Å². The molecular formula is C11H20O3. The number of carbonyl (C=O) groups is 1. The molecule has 0 aromatic carbocycles. The summed E-state index contributed by atoms with van der Waals surface area (Å²) < 4.78 is 5.41. The predicted molar refractivity (Wildman–Crippen MR) is 54.2 cm³/mol. The largest absolute Gasteiger partial charge is 0.481 e. The van der Waals surface area contributed by atoms with E-state index in [1.165, 1.54) is 12.8 Å². The van der Waals surface area contributed by atoms with Crippen LogP contribution in [0.15, 0.2) is 0 Å². The molecule has 0 aliphatic heterocycles. The minimum absolute atomic E-state index is 0.562. The first-order valence-electron chi connectivity index (χ1n) is 5.33. The van der Waals surface area contributed by atoms with Gasteiger partial charge >= 0.3 is 5.97 Å². The molecule has 82 valence electrons. The van der Waals surface area contributed by atoms with E-state index < -0.39 is 11.4 Å². The monoisotopic (exact) mass is 200 g/mol. The third-order valence-corrected chi connectivity index (χ3v) is 2.82. The lowest BCUT2D eigenvalue weighted by atomic mass is 9.90. The van der Waals surface area contributed by atoms with Gasteiger partial charge in [-0.3, -0.25) is 4.79 Å². The van der Waals surface area contributed by atoms with E-state index in [1.807, 2.05) is 0 Å². The van der Waals surface area contributed by atoms with E-state index >= 15 is 0 Å². The van der Waals surface area contributed by atoms with Crippen LogP contribution in [0.5, 0.6) is 0 Å². The van der Waals surface area contributed by atoms with Gasteiger partial charge in [-0.05, 0) is 32.6 Å². The maximum atomic E-state index is 10.7. The molecule has 1 saturated carbocycles.